The Balaban J connectivity index is 1.61. The number of rotatable bonds is 6. The summed E-state index contributed by atoms with van der Waals surface area (Å²) in [7, 11) is 1.63. The molecule has 5 nitrogen and oxygen atoms in total. The number of benzene rings is 1. The van der Waals surface area contributed by atoms with Crippen LogP contribution < -0.4 is 5.32 Å². The van der Waals surface area contributed by atoms with E-state index >= 15 is 0 Å². The first-order valence-electron chi connectivity index (χ1n) is 7.07. The second-order valence-electron chi connectivity index (χ2n) is 4.78. The van der Waals surface area contributed by atoms with E-state index in [4.69, 9.17) is 14.2 Å². The summed E-state index contributed by atoms with van der Waals surface area (Å²) in [6.45, 7) is 0.775. The maximum absolute atomic E-state index is 11.6. The predicted octanol–water partition coefficient (Wildman–Crippen LogP) is 2.62. The Morgan fingerprint density at radius 1 is 1.38 bits per heavy atom. The normalized spacial score (nSPS) is 21.0. The number of hydrogen-bond acceptors (Lipinski definition) is 4. The summed E-state index contributed by atoms with van der Waals surface area (Å²) >= 11 is 0. The Hall–Kier alpha value is -1.85. The number of nitrogens with one attached hydrogen (secondary N) is 1. The largest absolute Gasteiger partial charge is 0.445 e. The van der Waals surface area contributed by atoms with Crippen LogP contribution in [0.1, 0.15) is 18.4 Å². The van der Waals surface area contributed by atoms with Gasteiger partial charge in [0.15, 0.2) is 6.29 Å². The number of alkyl carbamates (subject to hydrolysis) is 1. The number of carbonyl (C=O) groups is 1. The van der Waals surface area contributed by atoms with E-state index in [0.717, 1.165) is 12.0 Å². The average molecular weight is 291 g/mol. The fraction of sp³-hybridized carbons (Fsp3) is 0.438. The molecule has 0 aromatic heterocycles. The molecule has 0 unspecified atom stereocenters. The monoisotopic (exact) mass is 291 g/mol. The van der Waals surface area contributed by atoms with E-state index < -0.39 is 6.09 Å². The minimum Gasteiger partial charge on any atom is -0.445 e. The maximum atomic E-state index is 11.6. The lowest BCUT2D eigenvalue weighted by Gasteiger charge is -2.24. The third-order valence-corrected chi connectivity index (χ3v) is 3.18. The molecule has 1 aromatic carbocycles. The number of carbonyl (C=O) groups excluding carboxylic acids is 1. The first-order chi connectivity index (χ1) is 10.3. The molecule has 0 aliphatic carbocycles. The highest BCUT2D eigenvalue weighted by molar-refractivity contribution is 5.67. The third-order valence-electron chi connectivity index (χ3n) is 3.18. The molecular weight excluding hydrogens is 270 g/mol. The molecule has 114 valence electrons. The Morgan fingerprint density at radius 2 is 2.19 bits per heavy atom. The van der Waals surface area contributed by atoms with Crippen LogP contribution in [0.5, 0.6) is 0 Å². The average Bonchev–Trinajstić information content (AvgIpc) is 2.54. The van der Waals surface area contributed by atoms with Gasteiger partial charge < -0.3 is 19.5 Å². The van der Waals surface area contributed by atoms with E-state index in [-0.39, 0.29) is 19.0 Å². The van der Waals surface area contributed by atoms with Crippen LogP contribution in [0.4, 0.5) is 4.79 Å². The minimum atomic E-state index is -0.415. The van der Waals surface area contributed by atoms with Crippen molar-refractivity contribution in [2.75, 3.05) is 13.7 Å². The lowest BCUT2D eigenvalue weighted by Crippen LogP contribution is -2.31. The van der Waals surface area contributed by atoms with E-state index in [2.05, 4.69) is 5.32 Å². The molecule has 0 fully saturated rings. The van der Waals surface area contributed by atoms with Crippen LogP contribution in [0.15, 0.2) is 42.5 Å². The number of methoxy groups -OCH3 is 1. The highest BCUT2D eigenvalue weighted by Crippen LogP contribution is 2.14. The van der Waals surface area contributed by atoms with Gasteiger partial charge in [0.2, 0.25) is 0 Å². The summed E-state index contributed by atoms with van der Waals surface area (Å²) in [5.41, 5.74) is 0.967. The smallest absolute Gasteiger partial charge is 0.407 e. The second-order valence-corrected chi connectivity index (χ2v) is 4.78. The molecular formula is C16H21NO4. The zero-order chi connectivity index (χ0) is 14.9. The van der Waals surface area contributed by atoms with Gasteiger partial charge in [-0.1, -0.05) is 42.5 Å². The molecule has 0 radical (unpaired) electrons. The lowest BCUT2D eigenvalue weighted by molar-refractivity contribution is -0.147. The zero-order valence-electron chi connectivity index (χ0n) is 12.2. The molecule has 0 saturated heterocycles. The van der Waals surface area contributed by atoms with E-state index in [1.807, 2.05) is 42.5 Å². The van der Waals surface area contributed by atoms with Crippen LogP contribution >= 0.6 is 0 Å². The fourth-order valence-electron chi connectivity index (χ4n) is 2.04. The van der Waals surface area contributed by atoms with Gasteiger partial charge in [0.05, 0.1) is 6.10 Å². The highest BCUT2D eigenvalue weighted by atomic mass is 16.7. The van der Waals surface area contributed by atoms with Gasteiger partial charge in [-0.2, -0.15) is 0 Å². The molecule has 1 amide bonds. The summed E-state index contributed by atoms with van der Waals surface area (Å²) in [6, 6.07) is 9.58. The fourth-order valence-corrected chi connectivity index (χ4v) is 2.04. The van der Waals surface area contributed by atoms with Crippen molar-refractivity contribution >= 4 is 6.09 Å². The van der Waals surface area contributed by atoms with Gasteiger partial charge >= 0.3 is 6.09 Å². The standard InChI is InChI=1S/C16H21NO4/c1-19-15-9-5-8-14(21-15)10-11-17-16(18)20-12-13-6-3-2-4-7-13/h2-8,14-15H,9-12H2,1H3,(H,17,18)/t14-,15-/m0/s1. The van der Waals surface area contributed by atoms with Gasteiger partial charge in [-0.25, -0.2) is 4.79 Å². The molecule has 2 atom stereocenters. The first-order valence-corrected chi connectivity index (χ1v) is 7.07. The molecule has 0 bridgehead atoms. The van der Waals surface area contributed by atoms with Crippen molar-refractivity contribution in [3.63, 3.8) is 0 Å². The van der Waals surface area contributed by atoms with E-state index in [9.17, 15) is 4.79 Å². The van der Waals surface area contributed by atoms with E-state index in [1.54, 1.807) is 7.11 Å². The van der Waals surface area contributed by atoms with Crippen molar-refractivity contribution in [2.24, 2.45) is 0 Å². The molecule has 0 spiro atoms. The second kappa shape index (κ2) is 8.44. The Kier molecular flexibility index (Phi) is 6.24. The van der Waals surface area contributed by atoms with Crippen molar-refractivity contribution < 1.29 is 19.0 Å². The molecule has 5 heteroatoms. The van der Waals surface area contributed by atoms with Crippen molar-refractivity contribution in [3.05, 3.63) is 48.0 Å². The molecule has 1 aliphatic heterocycles. The van der Waals surface area contributed by atoms with Crippen LogP contribution in [0.25, 0.3) is 0 Å². The Labute approximate surface area is 124 Å². The lowest BCUT2D eigenvalue weighted by atomic mass is 10.2. The number of ether oxygens (including phenoxy) is 3. The molecule has 1 N–H and O–H groups in total. The van der Waals surface area contributed by atoms with Crippen molar-refractivity contribution in [2.45, 2.75) is 31.8 Å². The van der Waals surface area contributed by atoms with Crippen LogP contribution in [0, 0.1) is 0 Å². The van der Waals surface area contributed by atoms with Crippen LogP contribution in [-0.2, 0) is 20.8 Å². The Bertz CT molecular complexity index is 461. The van der Waals surface area contributed by atoms with Crippen molar-refractivity contribution in [1.29, 1.82) is 0 Å². The van der Waals surface area contributed by atoms with Crippen LogP contribution in [-0.4, -0.2) is 32.1 Å². The highest BCUT2D eigenvalue weighted by Gasteiger charge is 2.17. The zero-order valence-corrected chi connectivity index (χ0v) is 12.2. The summed E-state index contributed by atoms with van der Waals surface area (Å²) < 4.78 is 15.9. The van der Waals surface area contributed by atoms with Gasteiger partial charge in [-0.05, 0) is 12.0 Å². The van der Waals surface area contributed by atoms with E-state index in [1.165, 1.54) is 0 Å². The van der Waals surface area contributed by atoms with Gasteiger partial charge in [0, 0.05) is 20.1 Å². The van der Waals surface area contributed by atoms with Crippen molar-refractivity contribution in [1.82, 2.24) is 5.32 Å². The topological polar surface area (TPSA) is 56.8 Å². The van der Waals surface area contributed by atoms with Crippen LogP contribution in [0.2, 0.25) is 0 Å². The molecule has 21 heavy (non-hydrogen) atoms. The summed E-state index contributed by atoms with van der Waals surface area (Å²) in [5, 5.41) is 2.72. The summed E-state index contributed by atoms with van der Waals surface area (Å²) in [4.78, 5) is 11.6. The van der Waals surface area contributed by atoms with Gasteiger partial charge in [0.1, 0.15) is 6.61 Å². The number of amides is 1. The third kappa shape index (κ3) is 5.57. The summed E-state index contributed by atoms with van der Waals surface area (Å²) in [6.07, 6.45) is 4.85. The molecule has 2 rings (SSSR count). The van der Waals surface area contributed by atoms with E-state index in [0.29, 0.717) is 13.0 Å². The molecule has 1 heterocycles. The predicted molar refractivity (Wildman–Crippen MR) is 78.7 cm³/mol. The van der Waals surface area contributed by atoms with Gasteiger partial charge in [-0.3, -0.25) is 0 Å². The molecule has 1 aliphatic rings. The van der Waals surface area contributed by atoms with Gasteiger partial charge in [-0.15, -0.1) is 0 Å². The molecule has 1 aromatic rings. The maximum Gasteiger partial charge on any atom is 0.407 e. The van der Waals surface area contributed by atoms with Crippen LogP contribution in [0.3, 0.4) is 0 Å². The quantitative estimate of drug-likeness (QED) is 0.819. The Morgan fingerprint density at radius 3 is 2.95 bits per heavy atom. The number of hydrogen-bond donors (Lipinski definition) is 1. The van der Waals surface area contributed by atoms with Crippen molar-refractivity contribution in [3.8, 4) is 0 Å². The first kappa shape index (κ1) is 15.5. The van der Waals surface area contributed by atoms with Gasteiger partial charge in [0.25, 0.3) is 0 Å². The SMILES string of the molecule is CO[C@@H]1CC=C[C@@H](CCNC(=O)OCc2ccccc2)O1. The summed E-state index contributed by atoms with van der Waals surface area (Å²) in [5.74, 6) is 0. The molecule has 0 saturated carbocycles. The minimum absolute atomic E-state index is 0.0295.